The van der Waals surface area contributed by atoms with Gasteiger partial charge in [0.2, 0.25) is 5.91 Å². The van der Waals surface area contributed by atoms with Crippen LogP contribution in [0, 0.1) is 5.41 Å². The van der Waals surface area contributed by atoms with Crippen molar-refractivity contribution < 1.29 is 4.79 Å². The maximum Gasteiger partial charge on any atom is 0.228 e. The number of nitrogens with one attached hydrogen (secondary N) is 1. The highest BCUT2D eigenvalue weighted by Gasteiger charge is 2.53. The van der Waals surface area contributed by atoms with Crippen molar-refractivity contribution in [1.82, 2.24) is 5.32 Å². The Kier molecular flexibility index (Phi) is 2.23. The maximum atomic E-state index is 11.9. The summed E-state index contributed by atoms with van der Waals surface area (Å²) in [6, 6.07) is 10.5. The van der Waals surface area contributed by atoms with E-state index in [0.717, 1.165) is 19.4 Å². The van der Waals surface area contributed by atoms with Crippen LogP contribution in [0.4, 0.5) is 0 Å². The summed E-state index contributed by atoms with van der Waals surface area (Å²) in [7, 11) is 0. The fourth-order valence-electron chi connectivity index (χ4n) is 3.28. The molecule has 1 N–H and O–H groups in total. The Hall–Kier alpha value is -1.31. The zero-order valence-corrected chi connectivity index (χ0v) is 9.41. The van der Waals surface area contributed by atoms with E-state index in [1.165, 1.54) is 18.4 Å². The molecule has 1 aromatic rings. The molecule has 84 valence electrons. The summed E-state index contributed by atoms with van der Waals surface area (Å²) in [6.45, 7) is 0.880. The molecule has 2 aliphatic rings. The summed E-state index contributed by atoms with van der Waals surface area (Å²) in [5.74, 6) is 0.720. The topological polar surface area (TPSA) is 29.1 Å². The first-order valence-electron chi connectivity index (χ1n) is 6.16. The summed E-state index contributed by atoms with van der Waals surface area (Å²) >= 11 is 0. The zero-order chi connectivity index (χ0) is 11.0. The lowest BCUT2D eigenvalue weighted by Crippen LogP contribution is -2.62. The molecule has 0 aromatic heterocycles. The van der Waals surface area contributed by atoms with E-state index in [-0.39, 0.29) is 11.3 Å². The van der Waals surface area contributed by atoms with E-state index in [4.69, 9.17) is 0 Å². The highest BCUT2D eigenvalue weighted by atomic mass is 16.2. The van der Waals surface area contributed by atoms with Crippen molar-refractivity contribution in [1.29, 1.82) is 0 Å². The first-order chi connectivity index (χ1) is 7.83. The molecule has 16 heavy (non-hydrogen) atoms. The third kappa shape index (κ3) is 1.29. The average molecular weight is 215 g/mol. The molecule has 1 saturated heterocycles. The van der Waals surface area contributed by atoms with Crippen LogP contribution in [0.1, 0.15) is 37.2 Å². The number of amides is 1. The number of hydrogen-bond donors (Lipinski definition) is 1. The largest absolute Gasteiger partial charge is 0.354 e. The van der Waals surface area contributed by atoms with E-state index < -0.39 is 0 Å². The minimum atomic E-state index is -0.0698. The molecule has 0 bridgehead atoms. The van der Waals surface area contributed by atoms with Crippen LogP contribution in [0.25, 0.3) is 0 Å². The quantitative estimate of drug-likeness (QED) is 0.716. The summed E-state index contributed by atoms with van der Waals surface area (Å²) in [6.07, 6.45) is 4.70. The van der Waals surface area contributed by atoms with Crippen molar-refractivity contribution in [3.05, 3.63) is 35.9 Å². The third-order valence-corrected chi connectivity index (χ3v) is 4.25. The van der Waals surface area contributed by atoms with Gasteiger partial charge in [-0.1, -0.05) is 43.2 Å². The van der Waals surface area contributed by atoms with Crippen molar-refractivity contribution in [3.8, 4) is 0 Å². The van der Waals surface area contributed by atoms with E-state index >= 15 is 0 Å². The lowest BCUT2D eigenvalue weighted by atomic mass is 9.60. The van der Waals surface area contributed by atoms with Gasteiger partial charge >= 0.3 is 0 Å². The Morgan fingerprint density at radius 2 is 2.00 bits per heavy atom. The Morgan fingerprint density at radius 1 is 1.19 bits per heavy atom. The summed E-state index contributed by atoms with van der Waals surface area (Å²) < 4.78 is 0. The predicted molar refractivity (Wildman–Crippen MR) is 63.1 cm³/mol. The first-order valence-corrected chi connectivity index (χ1v) is 6.16. The fourth-order valence-corrected chi connectivity index (χ4v) is 3.28. The highest BCUT2D eigenvalue weighted by Crippen LogP contribution is 2.50. The number of benzene rings is 1. The van der Waals surface area contributed by atoms with Gasteiger partial charge in [0.1, 0.15) is 0 Å². The minimum absolute atomic E-state index is 0.0698. The summed E-state index contributed by atoms with van der Waals surface area (Å²) in [4.78, 5) is 11.9. The molecule has 2 nitrogen and oxygen atoms in total. The molecule has 3 rings (SSSR count). The summed E-state index contributed by atoms with van der Waals surface area (Å²) in [5.41, 5.74) is 1.27. The van der Waals surface area contributed by atoms with Crippen molar-refractivity contribution >= 4 is 5.91 Å². The third-order valence-electron chi connectivity index (χ3n) is 4.25. The van der Waals surface area contributed by atoms with Crippen LogP contribution in [-0.4, -0.2) is 12.5 Å². The van der Waals surface area contributed by atoms with E-state index in [1.54, 1.807) is 0 Å². The van der Waals surface area contributed by atoms with Gasteiger partial charge in [-0.2, -0.15) is 0 Å². The SMILES string of the molecule is O=C1NC[C@]12CCCC[C@@H]2c1ccccc1. The van der Waals surface area contributed by atoms with E-state index in [1.807, 2.05) is 6.07 Å². The van der Waals surface area contributed by atoms with Gasteiger partial charge in [0.15, 0.2) is 0 Å². The first kappa shape index (κ1) is 9.88. The number of hydrogen-bond acceptors (Lipinski definition) is 1. The minimum Gasteiger partial charge on any atom is -0.354 e. The van der Waals surface area contributed by atoms with E-state index in [2.05, 4.69) is 29.6 Å². The van der Waals surface area contributed by atoms with Crippen molar-refractivity contribution in [2.24, 2.45) is 5.41 Å². The van der Waals surface area contributed by atoms with Crippen LogP contribution in [0.5, 0.6) is 0 Å². The van der Waals surface area contributed by atoms with Gasteiger partial charge < -0.3 is 5.32 Å². The van der Waals surface area contributed by atoms with Crippen LogP contribution in [0.3, 0.4) is 0 Å². The highest BCUT2D eigenvalue weighted by molar-refractivity contribution is 5.90. The normalized spacial score (nSPS) is 33.2. The van der Waals surface area contributed by atoms with Gasteiger partial charge in [0.05, 0.1) is 5.41 Å². The van der Waals surface area contributed by atoms with Gasteiger partial charge in [-0.05, 0) is 18.4 Å². The van der Waals surface area contributed by atoms with Crippen molar-refractivity contribution in [2.45, 2.75) is 31.6 Å². The van der Waals surface area contributed by atoms with Crippen LogP contribution >= 0.6 is 0 Å². The number of carbonyl (C=O) groups is 1. The second kappa shape index (κ2) is 3.62. The van der Waals surface area contributed by atoms with Crippen molar-refractivity contribution in [3.63, 3.8) is 0 Å². The van der Waals surface area contributed by atoms with Gasteiger partial charge in [0, 0.05) is 12.5 Å². The van der Waals surface area contributed by atoms with E-state index in [0.29, 0.717) is 5.92 Å². The Morgan fingerprint density at radius 3 is 2.62 bits per heavy atom. The number of β-lactam (4-membered cyclic amide) rings is 1. The molecule has 0 unspecified atom stereocenters. The fraction of sp³-hybridized carbons (Fsp3) is 0.500. The maximum absolute atomic E-state index is 11.9. The van der Waals surface area contributed by atoms with Crippen LogP contribution in [-0.2, 0) is 4.79 Å². The lowest BCUT2D eigenvalue weighted by molar-refractivity contribution is -0.144. The predicted octanol–water partition coefficient (Wildman–Crippen LogP) is 2.46. The smallest absolute Gasteiger partial charge is 0.228 e. The average Bonchev–Trinajstić information content (AvgIpc) is 2.38. The molecule has 2 heteroatoms. The van der Waals surface area contributed by atoms with Gasteiger partial charge in [-0.25, -0.2) is 0 Å². The molecule has 1 aromatic carbocycles. The van der Waals surface area contributed by atoms with Gasteiger partial charge in [-0.3, -0.25) is 4.79 Å². The standard InChI is InChI=1S/C14H17NO/c16-13-14(10-15-13)9-5-4-8-12(14)11-6-2-1-3-7-11/h1-3,6-7,12H,4-5,8-10H2,(H,15,16)/t12-,14+/m1/s1. The van der Waals surface area contributed by atoms with Crippen molar-refractivity contribution in [2.75, 3.05) is 6.54 Å². The Balaban J connectivity index is 1.95. The van der Waals surface area contributed by atoms with Crippen LogP contribution in [0.2, 0.25) is 0 Å². The van der Waals surface area contributed by atoms with E-state index in [9.17, 15) is 4.79 Å². The van der Waals surface area contributed by atoms with Gasteiger partial charge in [-0.15, -0.1) is 0 Å². The molecule has 1 heterocycles. The second-order valence-corrected chi connectivity index (χ2v) is 5.05. The van der Waals surface area contributed by atoms with Crippen LogP contribution < -0.4 is 5.32 Å². The molecule has 1 amide bonds. The molecule has 2 fully saturated rings. The molecule has 1 aliphatic heterocycles. The lowest BCUT2D eigenvalue weighted by Gasteiger charge is -2.49. The Bertz CT molecular complexity index is 400. The molecule has 0 radical (unpaired) electrons. The summed E-state index contributed by atoms with van der Waals surface area (Å²) in [5, 5.41) is 2.93. The van der Waals surface area contributed by atoms with Crippen LogP contribution in [0.15, 0.2) is 30.3 Å². The Labute approximate surface area is 96.1 Å². The zero-order valence-electron chi connectivity index (χ0n) is 9.41. The molecule has 1 spiro atoms. The molecular formula is C14H17NO. The second-order valence-electron chi connectivity index (χ2n) is 5.05. The monoisotopic (exact) mass is 215 g/mol. The molecule has 2 atom stereocenters. The number of rotatable bonds is 1. The molecule has 1 aliphatic carbocycles. The number of carbonyl (C=O) groups excluding carboxylic acids is 1. The molecular weight excluding hydrogens is 198 g/mol. The van der Waals surface area contributed by atoms with Gasteiger partial charge in [0.25, 0.3) is 0 Å². The molecule has 1 saturated carbocycles.